The van der Waals surface area contributed by atoms with E-state index in [-0.39, 0.29) is 30.1 Å². The number of ketones is 1. The molecule has 0 atom stereocenters. The minimum atomic E-state index is -0.247. The van der Waals surface area contributed by atoms with E-state index in [0.29, 0.717) is 17.1 Å². The number of hydrogen-bond acceptors (Lipinski definition) is 5. The number of benzene rings is 2. The van der Waals surface area contributed by atoms with Crippen LogP contribution in [-0.2, 0) is 17.6 Å². The molecule has 0 amide bonds. The van der Waals surface area contributed by atoms with Crippen molar-refractivity contribution in [2.45, 2.75) is 12.8 Å². The Balaban J connectivity index is 2.10. The second kappa shape index (κ2) is 6.85. The van der Waals surface area contributed by atoms with Crippen molar-refractivity contribution in [3.8, 4) is 23.0 Å². The number of methoxy groups -OCH3 is 2. The Morgan fingerprint density at radius 1 is 1.00 bits per heavy atom. The van der Waals surface area contributed by atoms with Crippen molar-refractivity contribution >= 4 is 5.78 Å². The van der Waals surface area contributed by atoms with Gasteiger partial charge >= 0.3 is 0 Å². The number of hydrogen-bond donors (Lipinski definition) is 2. The number of carbonyl (C=O) groups is 1. The molecule has 0 bridgehead atoms. The van der Waals surface area contributed by atoms with Crippen molar-refractivity contribution in [1.82, 2.24) is 0 Å². The van der Waals surface area contributed by atoms with E-state index in [9.17, 15) is 15.0 Å². The standard InChI is InChI=1S/C17H18O5/c1-21-15-7-6-11(9-16(15)22-2)8-13(18)10-12-4-3-5-14(19)17(12)20/h3-7,9,19-20H,8,10H2,1-2H3. The molecular formula is C17H18O5. The molecule has 0 saturated heterocycles. The monoisotopic (exact) mass is 302 g/mol. The van der Waals surface area contributed by atoms with Gasteiger partial charge in [-0.1, -0.05) is 18.2 Å². The van der Waals surface area contributed by atoms with E-state index >= 15 is 0 Å². The molecule has 22 heavy (non-hydrogen) atoms. The van der Waals surface area contributed by atoms with Gasteiger partial charge in [0.25, 0.3) is 0 Å². The molecule has 0 fully saturated rings. The summed E-state index contributed by atoms with van der Waals surface area (Å²) in [5.74, 6) is 0.616. The summed E-state index contributed by atoms with van der Waals surface area (Å²) in [4.78, 5) is 12.1. The molecule has 0 spiro atoms. The zero-order valence-corrected chi connectivity index (χ0v) is 12.5. The Kier molecular flexibility index (Phi) is 4.88. The zero-order chi connectivity index (χ0) is 16.1. The third-order valence-electron chi connectivity index (χ3n) is 3.34. The fraction of sp³-hybridized carbons (Fsp3) is 0.235. The fourth-order valence-electron chi connectivity index (χ4n) is 2.21. The molecule has 0 aromatic heterocycles. The molecule has 2 N–H and O–H groups in total. The summed E-state index contributed by atoms with van der Waals surface area (Å²) in [6, 6.07) is 9.86. The highest BCUT2D eigenvalue weighted by atomic mass is 16.5. The van der Waals surface area contributed by atoms with E-state index in [1.54, 1.807) is 37.4 Å². The summed E-state index contributed by atoms with van der Waals surface area (Å²) in [5, 5.41) is 19.2. The minimum Gasteiger partial charge on any atom is -0.504 e. The second-order valence-electron chi connectivity index (χ2n) is 4.87. The fourth-order valence-corrected chi connectivity index (χ4v) is 2.21. The van der Waals surface area contributed by atoms with Gasteiger partial charge in [0.05, 0.1) is 14.2 Å². The van der Waals surface area contributed by atoms with Crippen molar-refractivity contribution in [2.24, 2.45) is 0 Å². The normalized spacial score (nSPS) is 10.3. The summed E-state index contributed by atoms with van der Waals surface area (Å²) >= 11 is 0. The van der Waals surface area contributed by atoms with E-state index in [0.717, 1.165) is 5.56 Å². The summed E-state index contributed by atoms with van der Waals surface area (Å²) in [6.07, 6.45) is 0.254. The van der Waals surface area contributed by atoms with Crippen molar-refractivity contribution in [3.63, 3.8) is 0 Å². The van der Waals surface area contributed by atoms with Gasteiger partial charge in [-0.15, -0.1) is 0 Å². The summed E-state index contributed by atoms with van der Waals surface area (Å²) in [6.45, 7) is 0. The van der Waals surface area contributed by atoms with Crippen molar-refractivity contribution in [2.75, 3.05) is 14.2 Å². The lowest BCUT2D eigenvalue weighted by Gasteiger charge is -2.09. The number of para-hydroxylation sites is 1. The van der Waals surface area contributed by atoms with E-state index in [1.807, 2.05) is 0 Å². The molecule has 0 aliphatic heterocycles. The number of aromatic hydroxyl groups is 2. The van der Waals surface area contributed by atoms with E-state index in [2.05, 4.69) is 0 Å². The molecule has 5 nitrogen and oxygen atoms in total. The highest BCUT2D eigenvalue weighted by Gasteiger charge is 2.12. The van der Waals surface area contributed by atoms with Crippen LogP contribution in [0.3, 0.4) is 0 Å². The van der Waals surface area contributed by atoms with Gasteiger partial charge in [0.15, 0.2) is 23.0 Å². The number of carbonyl (C=O) groups excluding carboxylic acids is 1. The summed E-state index contributed by atoms with van der Waals surface area (Å²) in [7, 11) is 3.08. The lowest BCUT2D eigenvalue weighted by molar-refractivity contribution is -0.117. The maximum atomic E-state index is 12.1. The average Bonchev–Trinajstić information content (AvgIpc) is 2.51. The van der Waals surface area contributed by atoms with Crippen LogP contribution < -0.4 is 9.47 Å². The van der Waals surface area contributed by atoms with E-state index in [1.165, 1.54) is 13.2 Å². The Bertz CT molecular complexity index is 679. The molecule has 2 aromatic rings. The van der Waals surface area contributed by atoms with Gasteiger partial charge in [0.1, 0.15) is 5.78 Å². The topological polar surface area (TPSA) is 76.0 Å². The molecule has 0 saturated carbocycles. The number of ether oxygens (including phenoxy) is 2. The van der Waals surface area contributed by atoms with Gasteiger partial charge in [-0.3, -0.25) is 4.79 Å². The van der Waals surface area contributed by atoms with Gasteiger partial charge in [-0.2, -0.15) is 0 Å². The Morgan fingerprint density at radius 3 is 2.41 bits per heavy atom. The van der Waals surface area contributed by atoms with Crippen molar-refractivity contribution in [1.29, 1.82) is 0 Å². The van der Waals surface area contributed by atoms with Crippen molar-refractivity contribution < 1.29 is 24.5 Å². The first-order valence-electron chi connectivity index (χ1n) is 6.77. The van der Waals surface area contributed by atoms with Crippen molar-refractivity contribution in [3.05, 3.63) is 47.5 Å². The first-order valence-corrected chi connectivity index (χ1v) is 6.77. The minimum absolute atomic E-state index is 0.0502. The van der Waals surface area contributed by atoms with Crippen LogP contribution in [-0.4, -0.2) is 30.2 Å². The van der Waals surface area contributed by atoms with Crippen LogP contribution >= 0.6 is 0 Å². The number of phenols is 2. The SMILES string of the molecule is COc1ccc(CC(=O)Cc2cccc(O)c2O)cc1OC. The smallest absolute Gasteiger partial charge is 0.161 e. The molecule has 0 aliphatic carbocycles. The molecular weight excluding hydrogens is 284 g/mol. The predicted octanol–water partition coefficient (Wildman–Crippen LogP) is 2.47. The maximum absolute atomic E-state index is 12.1. The average molecular weight is 302 g/mol. The maximum Gasteiger partial charge on any atom is 0.161 e. The molecule has 0 unspecified atom stereocenters. The molecule has 5 heteroatoms. The Labute approximate surface area is 128 Å². The van der Waals surface area contributed by atoms with E-state index in [4.69, 9.17) is 9.47 Å². The van der Waals surface area contributed by atoms with Gasteiger partial charge in [0.2, 0.25) is 0 Å². The first kappa shape index (κ1) is 15.7. The van der Waals surface area contributed by atoms with Crippen LogP contribution in [0.1, 0.15) is 11.1 Å². The first-order chi connectivity index (χ1) is 10.5. The van der Waals surface area contributed by atoms with Crippen LogP contribution in [0.5, 0.6) is 23.0 Å². The third kappa shape index (κ3) is 3.49. The lowest BCUT2D eigenvalue weighted by atomic mass is 10.0. The molecule has 2 aromatic carbocycles. The van der Waals surface area contributed by atoms with Crippen LogP contribution in [0.4, 0.5) is 0 Å². The van der Waals surface area contributed by atoms with Gasteiger partial charge < -0.3 is 19.7 Å². The van der Waals surface area contributed by atoms with Gasteiger partial charge in [-0.25, -0.2) is 0 Å². The Hall–Kier alpha value is -2.69. The third-order valence-corrected chi connectivity index (χ3v) is 3.34. The summed E-state index contributed by atoms with van der Waals surface area (Å²) < 4.78 is 10.4. The number of phenolic OH excluding ortho intramolecular Hbond substituents is 2. The molecule has 0 aliphatic rings. The molecule has 0 heterocycles. The predicted molar refractivity (Wildman–Crippen MR) is 81.7 cm³/mol. The van der Waals surface area contributed by atoms with Crippen LogP contribution in [0, 0.1) is 0 Å². The largest absolute Gasteiger partial charge is 0.504 e. The van der Waals surface area contributed by atoms with Crippen LogP contribution in [0.15, 0.2) is 36.4 Å². The van der Waals surface area contributed by atoms with Crippen LogP contribution in [0.2, 0.25) is 0 Å². The van der Waals surface area contributed by atoms with Gasteiger partial charge in [-0.05, 0) is 23.8 Å². The lowest BCUT2D eigenvalue weighted by Crippen LogP contribution is -2.07. The van der Waals surface area contributed by atoms with Crippen LogP contribution in [0.25, 0.3) is 0 Å². The highest BCUT2D eigenvalue weighted by molar-refractivity contribution is 5.84. The molecule has 0 radical (unpaired) electrons. The number of Topliss-reactive ketones (excluding diaryl/α,β-unsaturated/α-hetero) is 1. The molecule has 116 valence electrons. The Morgan fingerprint density at radius 2 is 1.73 bits per heavy atom. The zero-order valence-electron chi connectivity index (χ0n) is 12.5. The highest BCUT2D eigenvalue weighted by Crippen LogP contribution is 2.30. The van der Waals surface area contributed by atoms with Gasteiger partial charge in [0, 0.05) is 18.4 Å². The molecule has 2 rings (SSSR count). The summed E-state index contributed by atoms with van der Waals surface area (Å²) in [5.41, 5.74) is 1.20. The van der Waals surface area contributed by atoms with E-state index < -0.39 is 0 Å². The second-order valence-corrected chi connectivity index (χ2v) is 4.87. The number of rotatable bonds is 6. The quantitative estimate of drug-likeness (QED) is 0.802.